The van der Waals surface area contributed by atoms with Crippen molar-refractivity contribution in [3.8, 4) is 17.6 Å². The van der Waals surface area contributed by atoms with Gasteiger partial charge in [-0.15, -0.1) is 0 Å². The number of nitrogens with two attached hydrogens (primary N) is 1. The van der Waals surface area contributed by atoms with E-state index in [2.05, 4.69) is 11.8 Å². The summed E-state index contributed by atoms with van der Waals surface area (Å²) in [5.74, 6) is 5.98. The van der Waals surface area contributed by atoms with E-state index >= 15 is 0 Å². The van der Waals surface area contributed by atoms with E-state index in [-0.39, 0.29) is 10.6 Å². The average Bonchev–Trinajstić information content (AvgIpc) is 2.37. The van der Waals surface area contributed by atoms with Gasteiger partial charge in [0.05, 0.1) is 4.90 Å². The molecule has 2 aromatic carbocycles. The summed E-state index contributed by atoms with van der Waals surface area (Å²) in [5.41, 5.74) is 1.44. The van der Waals surface area contributed by atoms with Crippen LogP contribution in [0.4, 0.5) is 0 Å². The number of sulfonamides is 1. The highest BCUT2D eigenvalue weighted by Crippen LogP contribution is 2.10. The smallest absolute Gasteiger partial charge is 0.238 e. The summed E-state index contributed by atoms with van der Waals surface area (Å²) >= 11 is 0. The first-order valence-electron chi connectivity index (χ1n) is 5.39. The molecule has 3 N–H and O–H groups in total. The summed E-state index contributed by atoms with van der Waals surface area (Å²) in [6, 6.07) is 12.5. The van der Waals surface area contributed by atoms with Gasteiger partial charge < -0.3 is 5.11 Å². The van der Waals surface area contributed by atoms with Crippen LogP contribution in [-0.4, -0.2) is 13.5 Å². The van der Waals surface area contributed by atoms with E-state index in [4.69, 9.17) is 10.2 Å². The molecule has 0 heterocycles. The highest BCUT2D eigenvalue weighted by Gasteiger charge is 2.05. The molecule has 0 atom stereocenters. The molecule has 2 aromatic rings. The third-order valence-corrected chi connectivity index (χ3v) is 3.33. The molecule has 0 bridgehead atoms. The molecule has 0 spiro atoms. The second kappa shape index (κ2) is 5.14. The predicted octanol–water partition coefficient (Wildman–Crippen LogP) is 1.44. The minimum atomic E-state index is -3.67. The molecule has 4 nitrogen and oxygen atoms in total. The maximum Gasteiger partial charge on any atom is 0.238 e. The lowest BCUT2D eigenvalue weighted by molar-refractivity contribution is 0.475. The first-order chi connectivity index (χ1) is 8.95. The summed E-state index contributed by atoms with van der Waals surface area (Å²) in [4.78, 5) is 0.0580. The van der Waals surface area contributed by atoms with Gasteiger partial charge in [-0.05, 0) is 48.5 Å². The van der Waals surface area contributed by atoms with Crippen LogP contribution in [0.3, 0.4) is 0 Å². The number of hydrogen-bond acceptors (Lipinski definition) is 3. The molecular formula is C14H11NO3S. The van der Waals surface area contributed by atoms with E-state index in [1.165, 1.54) is 12.1 Å². The van der Waals surface area contributed by atoms with Gasteiger partial charge in [0.1, 0.15) is 5.75 Å². The van der Waals surface area contributed by atoms with E-state index in [1.807, 2.05) is 0 Å². The zero-order valence-corrected chi connectivity index (χ0v) is 10.7. The third kappa shape index (κ3) is 3.58. The quantitative estimate of drug-likeness (QED) is 0.771. The van der Waals surface area contributed by atoms with E-state index in [0.717, 1.165) is 5.56 Å². The Hall–Kier alpha value is -2.29. The minimum Gasteiger partial charge on any atom is -0.508 e. The summed E-state index contributed by atoms with van der Waals surface area (Å²) in [6.07, 6.45) is 0. The fraction of sp³-hybridized carbons (Fsp3) is 0. The van der Waals surface area contributed by atoms with Crippen molar-refractivity contribution >= 4 is 10.0 Å². The molecule has 96 valence electrons. The minimum absolute atomic E-state index is 0.0580. The molecule has 2 rings (SSSR count). The van der Waals surface area contributed by atoms with Crippen molar-refractivity contribution in [3.63, 3.8) is 0 Å². The van der Waals surface area contributed by atoms with Crippen molar-refractivity contribution in [1.82, 2.24) is 0 Å². The normalized spacial score (nSPS) is 10.6. The van der Waals surface area contributed by atoms with Crippen LogP contribution in [0.15, 0.2) is 53.4 Å². The molecule has 0 saturated carbocycles. The monoisotopic (exact) mass is 273 g/mol. The molecular weight excluding hydrogens is 262 g/mol. The van der Waals surface area contributed by atoms with Crippen LogP contribution in [0.25, 0.3) is 0 Å². The number of phenols is 1. The average molecular weight is 273 g/mol. The van der Waals surface area contributed by atoms with Crippen LogP contribution in [-0.2, 0) is 10.0 Å². The summed E-state index contributed by atoms with van der Waals surface area (Å²) in [7, 11) is -3.67. The molecule has 19 heavy (non-hydrogen) atoms. The Morgan fingerprint density at radius 1 is 0.842 bits per heavy atom. The fourth-order valence-electron chi connectivity index (χ4n) is 1.42. The Balaban J connectivity index is 2.23. The first-order valence-corrected chi connectivity index (χ1v) is 6.94. The van der Waals surface area contributed by atoms with Crippen LogP contribution in [0.5, 0.6) is 5.75 Å². The van der Waals surface area contributed by atoms with Gasteiger partial charge in [-0.25, -0.2) is 13.6 Å². The Labute approximate surface area is 111 Å². The predicted molar refractivity (Wildman–Crippen MR) is 71.9 cm³/mol. The summed E-state index contributed by atoms with van der Waals surface area (Å²) in [5, 5.41) is 14.1. The Morgan fingerprint density at radius 3 is 1.68 bits per heavy atom. The number of benzene rings is 2. The second-order valence-electron chi connectivity index (χ2n) is 3.87. The largest absolute Gasteiger partial charge is 0.508 e. The van der Waals surface area contributed by atoms with Crippen LogP contribution < -0.4 is 5.14 Å². The molecule has 0 fully saturated rings. The third-order valence-electron chi connectivity index (χ3n) is 2.40. The van der Waals surface area contributed by atoms with Gasteiger partial charge in [-0.2, -0.15) is 0 Å². The van der Waals surface area contributed by atoms with Crippen LogP contribution >= 0.6 is 0 Å². The zero-order chi connectivity index (χ0) is 13.9. The molecule has 5 heteroatoms. The summed E-state index contributed by atoms with van der Waals surface area (Å²) in [6.45, 7) is 0. The topological polar surface area (TPSA) is 80.4 Å². The maximum atomic E-state index is 11.1. The molecule has 0 aliphatic rings. The van der Waals surface area contributed by atoms with Gasteiger partial charge in [0.15, 0.2) is 0 Å². The van der Waals surface area contributed by atoms with Crippen molar-refractivity contribution in [3.05, 3.63) is 59.7 Å². The zero-order valence-electron chi connectivity index (χ0n) is 9.87. The number of phenolic OH excluding ortho intramolecular Hbond substituents is 1. The number of aromatic hydroxyl groups is 1. The lowest BCUT2D eigenvalue weighted by Gasteiger charge is -1.97. The molecule has 0 radical (unpaired) electrons. The van der Waals surface area contributed by atoms with Crippen molar-refractivity contribution < 1.29 is 13.5 Å². The SMILES string of the molecule is NS(=O)(=O)c1ccc(C#Cc2ccc(O)cc2)cc1. The lowest BCUT2D eigenvalue weighted by Crippen LogP contribution is -2.11. The fourth-order valence-corrected chi connectivity index (χ4v) is 1.93. The van der Waals surface area contributed by atoms with Crippen molar-refractivity contribution in [2.45, 2.75) is 4.90 Å². The Kier molecular flexibility index (Phi) is 3.56. The Bertz CT molecular complexity index is 736. The van der Waals surface area contributed by atoms with Gasteiger partial charge >= 0.3 is 0 Å². The van der Waals surface area contributed by atoms with Crippen LogP contribution in [0.1, 0.15) is 11.1 Å². The van der Waals surface area contributed by atoms with E-state index in [0.29, 0.717) is 5.56 Å². The van der Waals surface area contributed by atoms with Crippen molar-refractivity contribution in [1.29, 1.82) is 0 Å². The molecule has 0 amide bonds. The Morgan fingerprint density at radius 2 is 1.26 bits per heavy atom. The van der Waals surface area contributed by atoms with E-state index in [9.17, 15) is 8.42 Å². The highest BCUT2D eigenvalue weighted by atomic mass is 32.2. The number of rotatable bonds is 1. The highest BCUT2D eigenvalue weighted by molar-refractivity contribution is 7.89. The van der Waals surface area contributed by atoms with Gasteiger partial charge in [0.2, 0.25) is 10.0 Å². The van der Waals surface area contributed by atoms with Crippen LogP contribution in [0.2, 0.25) is 0 Å². The maximum absolute atomic E-state index is 11.1. The van der Waals surface area contributed by atoms with Crippen LogP contribution in [0, 0.1) is 11.8 Å². The standard InChI is InChI=1S/C14H11NO3S/c15-19(17,18)14-9-5-12(6-10-14)2-1-11-3-7-13(16)8-4-11/h3-10,16H,(H2,15,17,18). The van der Waals surface area contributed by atoms with Crippen molar-refractivity contribution in [2.75, 3.05) is 0 Å². The second-order valence-corrected chi connectivity index (χ2v) is 5.43. The molecule has 0 aliphatic heterocycles. The summed E-state index contributed by atoms with van der Waals surface area (Å²) < 4.78 is 22.1. The van der Waals surface area contributed by atoms with E-state index in [1.54, 1.807) is 36.4 Å². The molecule has 0 aliphatic carbocycles. The number of primary sulfonamides is 1. The lowest BCUT2D eigenvalue weighted by atomic mass is 10.2. The molecule has 0 saturated heterocycles. The number of hydrogen-bond donors (Lipinski definition) is 2. The van der Waals surface area contributed by atoms with E-state index < -0.39 is 10.0 Å². The molecule has 0 unspecified atom stereocenters. The first kappa shape index (κ1) is 13.1. The molecule has 0 aromatic heterocycles. The van der Waals surface area contributed by atoms with Crippen molar-refractivity contribution in [2.24, 2.45) is 5.14 Å². The van der Waals surface area contributed by atoms with Gasteiger partial charge in [0.25, 0.3) is 0 Å². The van der Waals surface area contributed by atoms with Gasteiger partial charge in [-0.1, -0.05) is 11.8 Å². The van der Waals surface area contributed by atoms with Gasteiger partial charge in [0, 0.05) is 11.1 Å². The van der Waals surface area contributed by atoms with Gasteiger partial charge in [-0.3, -0.25) is 0 Å².